The molecule has 108 valence electrons. The van der Waals surface area contributed by atoms with Gasteiger partial charge in [0, 0.05) is 13.1 Å². The monoisotopic (exact) mass is 269 g/mol. The van der Waals surface area contributed by atoms with Crippen molar-refractivity contribution in [2.45, 2.75) is 27.2 Å². The summed E-state index contributed by atoms with van der Waals surface area (Å²) in [7, 11) is 0. The van der Waals surface area contributed by atoms with Gasteiger partial charge in [-0.1, -0.05) is 67.6 Å². The number of allylic oxidation sites excluding steroid dienone is 3. The molecule has 0 spiro atoms. The van der Waals surface area contributed by atoms with E-state index in [0.717, 1.165) is 26.1 Å². The van der Waals surface area contributed by atoms with E-state index in [2.05, 4.69) is 74.7 Å². The van der Waals surface area contributed by atoms with Crippen molar-refractivity contribution in [2.75, 3.05) is 19.6 Å². The van der Waals surface area contributed by atoms with Crippen molar-refractivity contribution in [1.82, 2.24) is 4.90 Å². The van der Waals surface area contributed by atoms with Crippen molar-refractivity contribution in [1.29, 1.82) is 0 Å². The highest BCUT2D eigenvalue weighted by Gasteiger charge is 2.07. The predicted molar refractivity (Wildman–Crippen MR) is 90.0 cm³/mol. The summed E-state index contributed by atoms with van der Waals surface area (Å²) < 4.78 is 0. The van der Waals surface area contributed by atoms with Crippen LogP contribution in [0, 0.1) is 0 Å². The zero-order valence-corrected chi connectivity index (χ0v) is 13.1. The van der Waals surface area contributed by atoms with Crippen LogP contribution < -0.4 is 0 Å². The van der Waals surface area contributed by atoms with Crippen LogP contribution in [0.4, 0.5) is 0 Å². The van der Waals surface area contributed by atoms with Gasteiger partial charge in [0.15, 0.2) is 0 Å². The first-order valence-electron chi connectivity index (χ1n) is 7.42. The lowest BCUT2D eigenvalue weighted by Crippen LogP contribution is -2.28. The van der Waals surface area contributed by atoms with Crippen LogP contribution in [0.25, 0.3) is 0 Å². The highest BCUT2D eigenvalue weighted by Crippen LogP contribution is 2.12. The van der Waals surface area contributed by atoms with Gasteiger partial charge in [-0.25, -0.2) is 0 Å². The summed E-state index contributed by atoms with van der Waals surface area (Å²) in [5.41, 5.74) is 4.10. The van der Waals surface area contributed by atoms with Gasteiger partial charge in [-0.2, -0.15) is 0 Å². The Morgan fingerprint density at radius 1 is 1.25 bits per heavy atom. The Balaban J connectivity index is 2.62. The van der Waals surface area contributed by atoms with Crippen molar-refractivity contribution in [3.05, 3.63) is 71.8 Å². The van der Waals surface area contributed by atoms with Crippen molar-refractivity contribution >= 4 is 0 Å². The molecule has 1 aromatic rings. The van der Waals surface area contributed by atoms with Crippen molar-refractivity contribution in [3.8, 4) is 0 Å². The van der Waals surface area contributed by atoms with Gasteiger partial charge in [-0.3, -0.25) is 4.90 Å². The van der Waals surface area contributed by atoms with Gasteiger partial charge >= 0.3 is 0 Å². The lowest BCUT2D eigenvalue weighted by molar-refractivity contribution is 0.317. The first kappa shape index (κ1) is 16.5. The topological polar surface area (TPSA) is 3.24 Å². The minimum atomic E-state index is 0.992. The SMILES string of the molecule is C=C/C=C(CN(CC)CCc1ccccc1)\C(C)=C/C. The molecule has 0 amide bonds. The number of hydrogen-bond donors (Lipinski definition) is 0. The van der Waals surface area contributed by atoms with Crippen molar-refractivity contribution in [2.24, 2.45) is 0 Å². The Kier molecular flexibility index (Phi) is 7.67. The minimum Gasteiger partial charge on any atom is -0.299 e. The van der Waals surface area contributed by atoms with E-state index in [1.807, 2.05) is 6.08 Å². The highest BCUT2D eigenvalue weighted by molar-refractivity contribution is 5.32. The molecule has 1 rings (SSSR count). The van der Waals surface area contributed by atoms with E-state index in [1.54, 1.807) is 0 Å². The molecule has 20 heavy (non-hydrogen) atoms. The van der Waals surface area contributed by atoms with Gasteiger partial charge in [0.05, 0.1) is 0 Å². The maximum atomic E-state index is 3.82. The Morgan fingerprint density at radius 3 is 2.50 bits per heavy atom. The molecule has 0 fully saturated rings. The fourth-order valence-corrected chi connectivity index (χ4v) is 2.16. The molecule has 0 heterocycles. The Bertz CT molecular complexity index is 454. The standard InChI is InChI=1S/C19H27N/c1-5-11-19(17(4)6-2)16-20(7-3)15-14-18-12-9-8-10-13-18/h5-6,8-13H,1,7,14-16H2,2-4H3/b17-6-,19-11-. The third-order valence-corrected chi connectivity index (χ3v) is 3.66. The van der Waals surface area contributed by atoms with Crippen LogP contribution in [-0.2, 0) is 6.42 Å². The van der Waals surface area contributed by atoms with Gasteiger partial charge in [0.25, 0.3) is 0 Å². The molecule has 0 saturated heterocycles. The van der Waals surface area contributed by atoms with E-state index >= 15 is 0 Å². The molecular weight excluding hydrogens is 242 g/mol. The summed E-state index contributed by atoms with van der Waals surface area (Å²) in [5.74, 6) is 0. The first-order chi connectivity index (χ1) is 9.71. The highest BCUT2D eigenvalue weighted by atomic mass is 15.1. The van der Waals surface area contributed by atoms with E-state index in [0.29, 0.717) is 0 Å². The van der Waals surface area contributed by atoms with Crippen LogP contribution >= 0.6 is 0 Å². The van der Waals surface area contributed by atoms with Crippen molar-refractivity contribution in [3.63, 3.8) is 0 Å². The van der Waals surface area contributed by atoms with Crippen LogP contribution in [0.1, 0.15) is 26.3 Å². The third kappa shape index (κ3) is 5.58. The van der Waals surface area contributed by atoms with Crippen molar-refractivity contribution < 1.29 is 0 Å². The molecule has 0 N–H and O–H groups in total. The third-order valence-electron chi connectivity index (χ3n) is 3.66. The maximum Gasteiger partial charge on any atom is 0.0236 e. The molecule has 1 nitrogen and oxygen atoms in total. The Hall–Kier alpha value is -1.60. The fourth-order valence-electron chi connectivity index (χ4n) is 2.16. The quantitative estimate of drug-likeness (QED) is 0.622. The van der Waals surface area contributed by atoms with Crippen LogP contribution in [-0.4, -0.2) is 24.5 Å². The lowest BCUT2D eigenvalue weighted by atomic mass is 10.1. The van der Waals surface area contributed by atoms with Crippen LogP contribution in [0.3, 0.4) is 0 Å². The van der Waals surface area contributed by atoms with Crippen LogP contribution in [0.5, 0.6) is 0 Å². The summed E-state index contributed by atoms with van der Waals surface area (Å²) in [5, 5.41) is 0. The summed E-state index contributed by atoms with van der Waals surface area (Å²) in [6, 6.07) is 10.7. The molecule has 0 bridgehead atoms. The van der Waals surface area contributed by atoms with E-state index in [1.165, 1.54) is 16.7 Å². The summed E-state index contributed by atoms with van der Waals surface area (Å²) in [4.78, 5) is 2.48. The van der Waals surface area contributed by atoms with Gasteiger partial charge in [-0.15, -0.1) is 0 Å². The number of likely N-dealkylation sites (N-methyl/N-ethyl adjacent to an activating group) is 1. The Morgan fingerprint density at radius 2 is 1.95 bits per heavy atom. The van der Waals surface area contributed by atoms with Gasteiger partial charge in [-0.05, 0) is 37.9 Å². The largest absolute Gasteiger partial charge is 0.299 e. The predicted octanol–water partition coefficient (Wildman–Crippen LogP) is 4.63. The van der Waals surface area contributed by atoms with Crippen LogP contribution in [0.15, 0.2) is 66.3 Å². The first-order valence-corrected chi connectivity index (χ1v) is 7.42. The lowest BCUT2D eigenvalue weighted by Gasteiger charge is -2.22. The molecule has 1 aromatic carbocycles. The van der Waals surface area contributed by atoms with E-state index in [4.69, 9.17) is 0 Å². The number of rotatable bonds is 8. The molecule has 1 heteroatoms. The smallest absolute Gasteiger partial charge is 0.0236 e. The van der Waals surface area contributed by atoms with Gasteiger partial charge in [0.1, 0.15) is 0 Å². The van der Waals surface area contributed by atoms with E-state index in [9.17, 15) is 0 Å². The zero-order valence-electron chi connectivity index (χ0n) is 13.1. The second kappa shape index (κ2) is 9.33. The zero-order chi connectivity index (χ0) is 14.8. The molecule has 0 saturated carbocycles. The summed E-state index contributed by atoms with van der Waals surface area (Å²) in [6.45, 7) is 13.5. The molecule has 0 radical (unpaired) electrons. The molecule has 0 aliphatic heterocycles. The average molecular weight is 269 g/mol. The number of nitrogens with zero attached hydrogens (tertiary/aromatic N) is 1. The fraction of sp³-hybridized carbons (Fsp3) is 0.368. The molecule has 0 unspecified atom stereocenters. The summed E-state index contributed by atoms with van der Waals surface area (Å²) >= 11 is 0. The second-order valence-electron chi connectivity index (χ2n) is 5.00. The molecule has 0 atom stereocenters. The van der Waals surface area contributed by atoms with Crippen LogP contribution in [0.2, 0.25) is 0 Å². The normalized spacial score (nSPS) is 12.8. The summed E-state index contributed by atoms with van der Waals surface area (Å²) in [6.07, 6.45) is 7.28. The van der Waals surface area contributed by atoms with Gasteiger partial charge < -0.3 is 0 Å². The average Bonchev–Trinajstić information content (AvgIpc) is 2.50. The Labute approximate surface area is 124 Å². The number of hydrogen-bond acceptors (Lipinski definition) is 1. The molecule has 0 aliphatic rings. The number of benzene rings is 1. The molecule has 0 aliphatic carbocycles. The molecular formula is C19H27N. The van der Waals surface area contributed by atoms with Gasteiger partial charge in [0.2, 0.25) is 0 Å². The second-order valence-corrected chi connectivity index (χ2v) is 5.00. The molecule has 0 aromatic heterocycles. The minimum absolute atomic E-state index is 0.992. The van der Waals surface area contributed by atoms with E-state index in [-0.39, 0.29) is 0 Å². The maximum absolute atomic E-state index is 3.82. The van der Waals surface area contributed by atoms with E-state index < -0.39 is 0 Å².